The molecule has 6 rings (SSSR count). The lowest BCUT2D eigenvalue weighted by Gasteiger charge is -2.63. The van der Waals surface area contributed by atoms with Gasteiger partial charge >= 0.3 is 17.9 Å². The minimum absolute atomic E-state index is 0.0763. The smallest absolute Gasteiger partial charge is 0.331 e. The molecule has 6 aliphatic carbocycles. The number of likely N-dealkylation sites (N-methyl/N-ethyl adjacent to an activating group) is 1. The molecule has 13 heteroatoms. The van der Waals surface area contributed by atoms with Crippen LogP contribution in [0.15, 0.2) is 23.3 Å². The molecule has 58 heavy (non-hydrogen) atoms. The predicted octanol–water partition coefficient (Wildman–Crippen LogP) is 3.99. The zero-order valence-electron chi connectivity index (χ0n) is 35.7. The van der Waals surface area contributed by atoms with Gasteiger partial charge in [-0.25, -0.2) is 4.79 Å². The van der Waals surface area contributed by atoms with Crippen molar-refractivity contribution in [2.75, 3.05) is 34.4 Å². The standard InChI is InChI=1S/C45H65NO12/c1-23-25(21-30(48)46(7)19-20-47)11-13-28-32(23)35(51)37(53)39-43(28,4)18-15-29(45(39,6)41(55)57-9)58-31(49)22-26-12-14-27-33(24(26)2)34(50)36(52)38-42(27,3)16-10-17-44(38,5)40(54)56-8/h21-24,27-29,32-34,37-39,47,50,53H,10-20H2,1-9H3/b25-21+,26-22+/t23-,24-,27?,28?,29-,32?,33?,34+,37-,38?,39?,42+,43+,44-,45-/m0/s1. The highest BCUT2D eigenvalue weighted by Crippen LogP contribution is 2.66. The lowest BCUT2D eigenvalue weighted by Crippen LogP contribution is -2.68. The van der Waals surface area contributed by atoms with Gasteiger partial charge in [-0.15, -0.1) is 0 Å². The molecular weight excluding hydrogens is 746 g/mol. The van der Waals surface area contributed by atoms with Gasteiger partial charge < -0.3 is 34.4 Å². The number of carbonyl (C=O) groups is 6. The number of methoxy groups -OCH3 is 2. The van der Waals surface area contributed by atoms with Gasteiger partial charge in [0.15, 0.2) is 11.6 Å². The minimum atomic E-state index is -1.58. The fraction of sp³-hybridized carbons (Fsp3) is 0.778. The summed E-state index contributed by atoms with van der Waals surface area (Å²) in [5.74, 6) is -6.49. The Morgan fingerprint density at radius 3 is 2.03 bits per heavy atom. The Bertz CT molecular complexity index is 1770. The van der Waals surface area contributed by atoms with E-state index in [1.54, 1.807) is 27.0 Å². The Labute approximate surface area is 342 Å². The highest BCUT2D eigenvalue weighted by Gasteiger charge is 2.70. The summed E-state index contributed by atoms with van der Waals surface area (Å²) in [6, 6.07) is 0. The summed E-state index contributed by atoms with van der Waals surface area (Å²) in [6.45, 7) is 11.3. The van der Waals surface area contributed by atoms with Gasteiger partial charge in [-0.2, -0.15) is 0 Å². The topological polar surface area (TPSA) is 194 Å². The first-order valence-electron chi connectivity index (χ1n) is 21.3. The van der Waals surface area contributed by atoms with Crippen molar-refractivity contribution in [1.82, 2.24) is 4.90 Å². The van der Waals surface area contributed by atoms with Crippen LogP contribution in [0.2, 0.25) is 0 Å². The number of aliphatic hydroxyl groups is 3. The number of esters is 3. The van der Waals surface area contributed by atoms with E-state index in [9.17, 15) is 44.1 Å². The second kappa shape index (κ2) is 15.9. The Hall–Kier alpha value is -3.42. The number of ketones is 2. The van der Waals surface area contributed by atoms with Crippen LogP contribution in [0.1, 0.15) is 99.3 Å². The monoisotopic (exact) mass is 811 g/mol. The highest BCUT2D eigenvalue weighted by atomic mass is 16.6. The largest absolute Gasteiger partial charge is 0.469 e. The number of allylic oxidation sites excluding steroid dienone is 2. The van der Waals surface area contributed by atoms with E-state index < -0.39 is 87.3 Å². The molecule has 0 saturated heterocycles. The zero-order chi connectivity index (χ0) is 42.9. The van der Waals surface area contributed by atoms with Crippen LogP contribution in [0.25, 0.3) is 0 Å². The molecule has 1 amide bonds. The van der Waals surface area contributed by atoms with E-state index in [0.717, 1.165) is 24.0 Å². The quantitative estimate of drug-likeness (QED) is 0.191. The molecule has 0 heterocycles. The summed E-state index contributed by atoms with van der Waals surface area (Å²) < 4.78 is 16.7. The van der Waals surface area contributed by atoms with E-state index in [4.69, 9.17) is 14.2 Å². The fourth-order valence-electron chi connectivity index (χ4n) is 14.0. The summed E-state index contributed by atoms with van der Waals surface area (Å²) in [5.41, 5.74) is -2.34. The summed E-state index contributed by atoms with van der Waals surface area (Å²) in [5, 5.41) is 32.9. The van der Waals surface area contributed by atoms with Gasteiger partial charge in [0.25, 0.3) is 0 Å². The molecule has 0 aromatic heterocycles. The molecule has 0 radical (unpaired) electrons. The second-order valence-corrected chi connectivity index (χ2v) is 19.5. The van der Waals surface area contributed by atoms with E-state index in [0.29, 0.717) is 38.5 Å². The minimum Gasteiger partial charge on any atom is -0.469 e. The van der Waals surface area contributed by atoms with Gasteiger partial charge in [0.05, 0.1) is 26.2 Å². The number of nitrogens with zero attached hydrogens (tertiary/aromatic N) is 1. The van der Waals surface area contributed by atoms with Gasteiger partial charge in [0.1, 0.15) is 23.7 Å². The molecule has 13 nitrogen and oxygen atoms in total. The van der Waals surface area contributed by atoms with E-state index in [2.05, 4.69) is 6.92 Å². The highest BCUT2D eigenvalue weighted by molar-refractivity contribution is 5.94. The molecule has 0 aromatic rings. The van der Waals surface area contributed by atoms with Crippen LogP contribution in [0.5, 0.6) is 0 Å². The average molecular weight is 812 g/mol. The van der Waals surface area contributed by atoms with E-state index in [1.807, 2.05) is 20.8 Å². The van der Waals surface area contributed by atoms with E-state index in [-0.39, 0.29) is 54.9 Å². The third-order valence-electron chi connectivity index (χ3n) is 16.9. The van der Waals surface area contributed by atoms with Crippen molar-refractivity contribution < 1.29 is 58.3 Å². The lowest BCUT2D eigenvalue weighted by molar-refractivity contribution is -0.222. The van der Waals surface area contributed by atoms with Gasteiger partial charge in [0, 0.05) is 49.4 Å². The molecule has 0 bridgehead atoms. The van der Waals surface area contributed by atoms with Crippen molar-refractivity contribution in [3.8, 4) is 0 Å². The van der Waals surface area contributed by atoms with Crippen LogP contribution in [0, 0.1) is 69.0 Å². The maximum atomic E-state index is 14.3. The number of Topliss-reactive ketones (excluding diaryl/α,β-unsaturated/α-hetero) is 2. The molecular formula is C45H65NO12. The number of hydrogen-bond donors (Lipinski definition) is 3. The number of carbonyl (C=O) groups excluding carboxylic acids is 6. The van der Waals surface area contributed by atoms with Crippen LogP contribution >= 0.6 is 0 Å². The van der Waals surface area contributed by atoms with E-state index in [1.165, 1.54) is 25.2 Å². The van der Waals surface area contributed by atoms with Crippen LogP contribution in [-0.2, 0) is 43.0 Å². The Morgan fingerprint density at radius 1 is 0.793 bits per heavy atom. The maximum Gasteiger partial charge on any atom is 0.331 e. The summed E-state index contributed by atoms with van der Waals surface area (Å²) in [6.07, 6.45) is 4.03. The first-order chi connectivity index (χ1) is 27.2. The van der Waals surface area contributed by atoms with E-state index >= 15 is 0 Å². The van der Waals surface area contributed by atoms with Crippen molar-refractivity contribution in [2.24, 2.45) is 69.0 Å². The summed E-state index contributed by atoms with van der Waals surface area (Å²) >= 11 is 0. The van der Waals surface area contributed by atoms with Gasteiger partial charge in [-0.1, -0.05) is 45.3 Å². The van der Waals surface area contributed by atoms with Crippen molar-refractivity contribution in [1.29, 1.82) is 0 Å². The van der Waals surface area contributed by atoms with Crippen molar-refractivity contribution in [2.45, 2.75) is 118 Å². The Balaban J connectivity index is 1.24. The third-order valence-corrected chi connectivity index (χ3v) is 16.9. The van der Waals surface area contributed by atoms with Crippen molar-refractivity contribution in [3.63, 3.8) is 0 Å². The Kier molecular flexibility index (Phi) is 12.1. The first-order valence-corrected chi connectivity index (χ1v) is 21.3. The number of rotatable bonds is 7. The molecule has 6 saturated carbocycles. The summed E-state index contributed by atoms with van der Waals surface area (Å²) in [4.78, 5) is 83.7. The molecule has 0 spiro atoms. The fourth-order valence-corrected chi connectivity index (χ4v) is 14.0. The van der Waals surface area contributed by atoms with Crippen LogP contribution in [0.3, 0.4) is 0 Å². The Morgan fingerprint density at radius 2 is 1.41 bits per heavy atom. The number of aliphatic hydroxyl groups excluding tert-OH is 3. The van der Waals surface area contributed by atoms with Crippen molar-refractivity contribution in [3.05, 3.63) is 23.3 Å². The number of fused-ring (bicyclic) bond motifs is 6. The van der Waals surface area contributed by atoms with Crippen LogP contribution in [-0.4, -0.2) is 108 Å². The molecule has 6 unspecified atom stereocenters. The number of ether oxygens (including phenoxy) is 3. The van der Waals surface area contributed by atoms with Crippen LogP contribution < -0.4 is 0 Å². The molecule has 6 fully saturated rings. The van der Waals surface area contributed by atoms with Gasteiger partial charge in [-0.3, -0.25) is 24.0 Å². The molecule has 322 valence electrons. The summed E-state index contributed by atoms with van der Waals surface area (Å²) in [7, 11) is 4.17. The molecule has 15 atom stereocenters. The SMILES string of the molecule is COC(=O)[C@@]1(C)CCC[C@]2(C)C3CC/C(=C\C(=O)O[C@H]4CC[C@]5(C)C6CC/C(=C\C(=O)N(C)CCO)[C@H](C)C6C(=O)[C@H](O)C5[C@@]4(C)C(=O)OC)[C@H](C)C3[C@@H](O)C(=O)C21. The first kappa shape index (κ1) is 44.1. The average Bonchev–Trinajstić information content (AvgIpc) is 3.18. The second-order valence-electron chi connectivity index (χ2n) is 19.5. The van der Waals surface area contributed by atoms with Gasteiger partial charge in [0.2, 0.25) is 5.91 Å². The van der Waals surface area contributed by atoms with Crippen molar-refractivity contribution >= 4 is 35.4 Å². The molecule has 0 aromatic carbocycles. The zero-order valence-corrected chi connectivity index (χ0v) is 35.7. The lowest BCUT2D eigenvalue weighted by atomic mass is 9.41. The third kappa shape index (κ3) is 6.60. The normalized spacial score (nSPS) is 44.9. The van der Waals surface area contributed by atoms with Crippen LogP contribution in [0.4, 0.5) is 0 Å². The van der Waals surface area contributed by atoms with Gasteiger partial charge in [-0.05, 0) is 99.7 Å². The molecule has 6 aliphatic rings. The maximum absolute atomic E-state index is 14.3. The number of amides is 1. The molecule has 0 aliphatic heterocycles. The molecule has 3 N–H and O–H groups in total. The predicted molar refractivity (Wildman–Crippen MR) is 210 cm³/mol. The number of hydrogen-bond acceptors (Lipinski definition) is 12.